The van der Waals surface area contributed by atoms with Crippen LogP contribution in [0.1, 0.15) is 24.8 Å². The van der Waals surface area contributed by atoms with Crippen molar-refractivity contribution >= 4 is 5.71 Å². The van der Waals surface area contributed by atoms with Crippen molar-refractivity contribution in [3.8, 4) is 0 Å². The molecule has 0 radical (unpaired) electrons. The first kappa shape index (κ1) is 9.97. The molecule has 0 heterocycles. The third-order valence-corrected chi connectivity index (χ3v) is 2.78. The Morgan fingerprint density at radius 2 is 2.07 bits per heavy atom. The second kappa shape index (κ2) is 4.78. The highest BCUT2D eigenvalue weighted by molar-refractivity contribution is 6.02. The van der Waals surface area contributed by atoms with E-state index in [0.29, 0.717) is 0 Å². The summed E-state index contributed by atoms with van der Waals surface area (Å²) in [7, 11) is 0. The standard InChI is InChI=1S/C13H15NO/c15-14-13(11-7-3-1-4-8-11)12-9-5-2-6-10-12/h1,3-5,7-9,12,15H,2,6,10H2. The smallest absolute Gasteiger partial charge is 0.0936 e. The van der Waals surface area contributed by atoms with Crippen molar-refractivity contribution in [1.29, 1.82) is 0 Å². The average Bonchev–Trinajstić information content (AvgIpc) is 2.33. The van der Waals surface area contributed by atoms with E-state index in [1.165, 1.54) is 6.42 Å². The van der Waals surface area contributed by atoms with Gasteiger partial charge in [-0.1, -0.05) is 47.6 Å². The van der Waals surface area contributed by atoms with Crippen LogP contribution in [-0.2, 0) is 0 Å². The zero-order valence-corrected chi connectivity index (χ0v) is 8.63. The van der Waals surface area contributed by atoms with Crippen LogP contribution in [0.3, 0.4) is 0 Å². The summed E-state index contributed by atoms with van der Waals surface area (Å²) in [6.07, 6.45) is 7.70. The molecule has 0 aliphatic heterocycles. The summed E-state index contributed by atoms with van der Waals surface area (Å²) in [5.41, 5.74) is 1.79. The second-order valence-electron chi connectivity index (χ2n) is 3.82. The molecule has 1 unspecified atom stereocenters. The van der Waals surface area contributed by atoms with Crippen LogP contribution in [0, 0.1) is 5.92 Å². The summed E-state index contributed by atoms with van der Waals surface area (Å²) in [5.74, 6) is 0.270. The van der Waals surface area contributed by atoms with Gasteiger partial charge in [-0.2, -0.15) is 0 Å². The zero-order chi connectivity index (χ0) is 10.5. The Morgan fingerprint density at radius 3 is 2.67 bits per heavy atom. The van der Waals surface area contributed by atoms with E-state index >= 15 is 0 Å². The molecule has 1 N–H and O–H groups in total. The molecular formula is C13H15NO. The van der Waals surface area contributed by atoms with Crippen LogP contribution in [0.25, 0.3) is 0 Å². The Labute approximate surface area is 89.9 Å². The summed E-state index contributed by atoms with van der Waals surface area (Å²) in [6, 6.07) is 9.87. The Hall–Kier alpha value is -1.57. The van der Waals surface area contributed by atoms with Crippen LogP contribution in [0.5, 0.6) is 0 Å². The van der Waals surface area contributed by atoms with Gasteiger partial charge in [0.1, 0.15) is 0 Å². The monoisotopic (exact) mass is 201 g/mol. The van der Waals surface area contributed by atoms with Crippen LogP contribution in [0.2, 0.25) is 0 Å². The summed E-state index contributed by atoms with van der Waals surface area (Å²) in [4.78, 5) is 0. The molecule has 1 aliphatic carbocycles. The molecular weight excluding hydrogens is 186 g/mol. The van der Waals surface area contributed by atoms with E-state index in [4.69, 9.17) is 5.21 Å². The minimum Gasteiger partial charge on any atom is -0.411 e. The topological polar surface area (TPSA) is 32.6 Å². The molecule has 0 amide bonds. The van der Waals surface area contributed by atoms with Crippen molar-refractivity contribution in [2.75, 3.05) is 0 Å². The SMILES string of the molecule is ON=C(c1ccccc1)C1C=CCCC1. The van der Waals surface area contributed by atoms with Crippen LogP contribution in [0.15, 0.2) is 47.6 Å². The van der Waals surface area contributed by atoms with E-state index in [1.54, 1.807) is 0 Å². The van der Waals surface area contributed by atoms with Gasteiger partial charge in [-0.3, -0.25) is 0 Å². The number of allylic oxidation sites excluding steroid dienone is 2. The van der Waals surface area contributed by atoms with Gasteiger partial charge in [0.15, 0.2) is 0 Å². The molecule has 0 saturated carbocycles. The van der Waals surface area contributed by atoms with Crippen molar-refractivity contribution < 1.29 is 5.21 Å². The van der Waals surface area contributed by atoms with Gasteiger partial charge >= 0.3 is 0 Å². The van der Waals surface area contributed by atoms with Gasteiger partial charge in [-0.25, -0.2) is 0 Å². The minimum absolute atomic E-state index is 0.270. The molecule has 1 atom stereocenters. The van der Waals surface area contributed by atoms with Gasteiger partial charge in [0.25, 0.3) is 0 Å². The van der Waals surface area contributed by atoms with E-state index in [-0.39, 0.29) is 5.92 Å². The lowest BCUT2D eigenvalue weighted by atomic mass is 9.88. The highest BCUT2D eigenvalue weighted by atomic mass is 16.4. The summed E-state index contributed by atoms with van der Waals surface area (Å²) >= 11 is 0. The van der Waals surface area contributed by atoms with Crippen LogP contribution in [-0.4, -0.2) is 10.9 Å². The Bertz CT molecular complexity index is 367. The molecule has 78 valence electrons. The van der Waals surface area contributed by atoms with Crippen molar-refractivity contribution in [3.63, 3.8) is 0 Å². The lowest BCUT2D eigenvalue weighted by Gasteiger charge is -2.17. The number of hydrogen-bond donors (Lipinski definition) is 1. The highest BCUT2D eigenvalue weighted by Crippen LogP contribution is 2.21. The number of nitrogens with zero attached hydrogens (tertiary/aromatic N) is 1. The lowest BCUT2D eigenvalue weighted by Crippen LogP contribution is -2.15. The molecule has 0 aromatic heterocycles. The molecule has 1 aromatic rings. The van der Waals surface area contributed by atoms with Crippen molar-refractivity contribution in [2.24, 2.45) is 11.1 Å². The average molecular weight is 201 g/mol. The van der Waals surface area contributed by atoms with Crippen molar-refractivity contribution in [2.45, 2.75) is 19.3 Å². The molecule has 0 saturated heterocycles. The molecule has 2 rings (SSSR count). The van der Waals surface area contributed by atoms with Crippen LogP contribution in [0.4, 0.5) is 0 Å². The molecule has 1 aromatic carbocycles. The van der Waals surface area contributed by atoms with E-state index in [1.807, 2.05) is 30.3 Å². The lowest BCUT2D eigenvalue weighted by molar-refractivity contribution is 0.316. The van der Waals surface area contributed by atoms with Gasteiger partial charge in [-0.15, -0.1) is 0 Å². The second-order valence-corrected chi connectivity index (χ2v) is 3.82. The normalized spacial score (nSPS) is 21.6. The van der Waals surface area contributed by atoms with E-state index in [2.05, 4.69) is 17.3 Å². The Kier molecular flexibility index (Phi) is 3.18. The molecule has 0 fully saturated rings. The van der Waals surface area contributed by atoms with Crippen molar-refractivity contribution in [1.82, 2.24) is 0 Å². The molecule has 2 heteroatoms. The van der Waals surface area contributed by atoms with E-state index in [0.717, 1.165) is 24.1 Å². The molecule has 1 aliphatic rings. The van der Waals surface area contributed by atoms with Gasteiger partial charge < -0.3 is 5.21 Å². The molecule has 2 nitrogen and oxygen atoms in total. The molecule has 15 heavy (non-hydrogen) atoms. The summed E-state index contributed by atoms with van der Waals surface area (Å²) in [6.45, 7) is 0. The Morgan fingerprint density at radius 1 is 1.27 bits per heavy atom. The number of hydrogen-bond acceptors (Lipinski definition) is 2. The predicted molar refractivity (Wildman–Crippen MR) is 61.2 cm³/mol. The first-order valence-corrected chi connectivity index (χ1v) is 5.36. The number of benzene rings is 1. The fraction of sp³-hybridized carbons (Fsp3) is 0.308. The quantitative estimate of drug-likeness (QED) is 0.339. The fourth-order valence-electron chi connectivity index (χ4n) is 2.00. The largest absolute Gasteiger partial charge is 0.411 e. The Balaban J connectivity index is 2.25. The van der Waals surface area contributed by atoms with E-state index < -0.39 is 0 Å². The summed E-state index contributed by atoms with van der Waals surface area (Å²) < 4.78 is 0. The first-order chi connectivity index (χ1) is 7.42. The van der Waals surface area contributed by atoms with Crippen LogP contribution >= 0.6 is 0 Å². The zero-order valence-electron chi connectivity index (χ0n) is 8.63. The summed E-state index contributed by atoms with van der Waals surface area (Å²) in [5, 5.41) is 12.5. The third kappa shape index (κ3) is 2.27. The van der Waals surface area contributed by atoms with Gasteiger partial charge in [0, 0.05) is 5.92 Å². The highest BCUT2D eigenvalue weighted by Gasteiger charge is 2.17. The fourth-order valence-corrected chi connectivity index (χ4v) is 2.00. The van der Waals surface area contributed by atoms with Gasteiger partial charge in [0.2, 0.25) is 0 Å². The van der Waals surface area contributed by atoms with E-state index in [9.17, 15) is 0 Å². The maximum absolute atomic E-state index is 9.09. The molecule has 0 bridgehead atoms. The maximum atomic E-state index is 9.09. The van der Waals surface area contributed by atoms with Gasteiger partial charge in [-0.05, 0) is 24.8 Å². The molecule has 0 spiro atoms. The first-order valence-electron chi connectivity index (χ1n) is 5.36. The van der Waals surface area contributed by atoms with Crippen LogP contribution < -0.4 is 0 Å². The van der Waals surface area contributed by atoms with Gasteiger partial charge in [0.05, 0.1) is 5.71 Å². The number of oxime groups is 1. The number of rotatable bonds is 2. The van der Waals surface area contributed by atoms with Crippen molar-refractivity contribution in [3.05, 3.63) is 48.0 Å². The predicted octanol–water partition coefficient (Wildman–Crippen LogP) is 3.22. The third-order valence-electron chi connectivity index (χ3n) is 2.78. The maximum Gasteiger partial charge on any atom is 0.0936 e. The minimum atomic E-state index is 0.270.